The molecule has 0 aliphatic carbocycles. The molecule has 0 N–H and O–H groups in total. The Hall–Kier alpha value is -2.71. The molecule has 0 saturated carbocycles. The van der Waals surface area contributed by atoms with E-state index >= 15 is 0 Å². The summed E-state index contributed by atoms with van der Waals surface area (Å²) in [7, 11) is 0. The molecule has 0 fully saturated rings. The summed E-state index contributed by atoms with van der Waals surface area (Å²) in [5.41, 5.74) is -7.86. The van der Waals surface area contributed by atoms with Crippen LogP contribution in [0.3, 0.4) is 0 Å². The Kier molecular flexibility index (Phi) is 7.94. The molecule has 194 valence electrons. The lowest BCUT2D eigenvalue weighted by atomic mass is 9.73. The van der Waals surface area contributed by atoms with Crippen LogP contribution in [0.15, 0.2) is 48.5 Å². The second-order valence-electron chi connectivity index (χ2n) is 9.64. The first-order valence-corrected chi connectivity index (χ1v) is 11.2. The number of esters is 1. The lowest BCUT2D eigenvalue weighted by molar-refractivity contribution is -0.288. The number of carbonyl (C=O) groups excluding carboxylic acids is 1. The summed E-state index contributed by atoms with van der Waals surface area (Å²) < 4.78 is 96.9. The van der Waals surface area contributed by atoms with Gasteiger partial charge in [-0.15, -0.1) is 0 Å². The van der Waals surface area contributed by atoms with Crippen LogP contribution in [0.4, 0.5) is 26.3 Å². The van der Waals surface area contributed by atoms with Crippen LogP contribution in [-0.2, 0) is 10.2 Å². The molecule has 3 nitrogen and oxygen atoms in total. The van der Waals surface area contributed by atoms with Crippen LogP contribution in [0.2, 0.25) is 0 Å². The summed E-state index contributed by atoms with van der Waals surface area (Å²) >= 11 is 0. The third-order valence-electron chi connectivity index (χ3n) is 6.32. The van der Waals surface area contributed by atoms with Crippen LogP contribution in [-0.4, -0.2) is 23.9 Å². The molecule has 0 spiro atoms. The monoisotopic (exact) mass is 504 g/mol. The molecule has 0 heterocycles. The van der Waals surface area contributed by atoms with E-state index in [9.17, 15) is 31.1 Å². The smallest absolute Gasteiger partial charge is 0.411 e. The second kappa shape index (κ2) is 9.74. The summed E-state index contributed by atoms with van der Waals surface area (Å²) in [5, 5.41) is 0. The lowest BCUT2D eigenvalue weighted by Crippen LogP contribution is -2.54. The molecule has 0 radical (unpaired) electrons. The molecule has 9 heteroatoms. The van der Waals surface area contributed by atoms with Crippen molar-refractivity contribution < 1.29 is 40.6 Å². The summed E-state index contributed by atoms with van der Waals surface area (Å²) in [4.78, 5) is 12.2. The highest BCUT2D eigenvalue weighted by atomic mass is 19.4. The SMILES string of the molecule is CCC(C)(C)Oc1ccc(C(c2ccc(OC(=O)C(C)(C)CC)cc2)(C(F)(F)F)C(F)(F)F)cc1. The molecule has 0 aromatic heterocycles. The predicted octanol–water partition coefficient (Wildman–Crippen LogP) is 8.01. The molecule has 2 rings (SSSR count). The number of carbonyl (C=O) groups is 1. The molecule has 0 amide bonds. The zero-order chi connectivity index (χ0) is 26.9. The normalized spacial score (nSPS) is 13.5. The summed E-state index contributed by atoms with van der Waals surface area (Å²) in [5.74, 6) is -0.639. The van der Waals surface area contributed by atoms with Crippen LogP contribution in [0.5, 0.6) is 11.5 Å². The van der Waals surface area contributed by atoms with Crippen LogP contribution in [0.1, 0.15) is 65.5 Å². The molecule has 0 bridgehead atoms. The van der Waals surface area contributed by atoms with E-state index in [1.807, 2.05) is 6.92 Å². The first kappa shape index (κ1) is 28.5. The Bertz CT molecular complexity index is 989. The number of benzene rings is 2. The quantitative estimate of drug-likeness (QED) is 0.208. The van der Waals surface area contributed by atoms with Gasteiger partial charge in [0.25, 0.3) is 0 Å². The fourth-order valence-electron chi connectivity index (χ4n) is 3.31. The van der Waals surface area contributed by atoms with Crippen molar-refractivity contribution in [3.8, 4) is 11.5 Å². The van der Waals surface area contributed by atoms with Gasteiger partial charge in [0, 0.05) is 0 Å². The van der Waals surface area contributed by atoms with Gasteiger partial charge in [0.1, 0.15) is 17.1 Å². The van der Waals surface area contributed by atoms with Gasteiger partial charge in [-0.3, -0.25) is 4.79 Å². The van der Waals surface area contributed by atoms with E-state index in [1.54, 1.807) is 34.6 Å². The number of rotatable bonds is 8. The standard InChI is InChI=1S/C26H30F6O3/c1-7-22(3,4)21(33)34-19-13-9-17(10-14-19)24(25(27,28)29,26(30,31)32)18-11-15-20(16-12-18)35-23(5,6)8-2/h9-16H,7-8H2,1-6H3. The van der Waals surface area contributed by atoms with Crippen LogP contribution < -0.4 is 9.47 Å². The van der Waals surface area contributed by atoms with Gasteiger partial charge in [-0.05, 0) is 75.9 Å². The molecule has 0 saturated heterocycles. The Morgan fingerprint density at radius 1 is 0.686 bits per heavy atom. The van der Waals surface area contributed by atoms with E-state index in [0.29, 0.717) is 25.0 Å². The van der Waals surface area contributed by atoms with Gasteiger partial charge < -0.3 is 9.47 Å². The largest absolute Gasteiger partial charge is 0.488 e. The third-order valence-corrected chi connectivity index (χ3v) is 6.32. The topological polar surface area (TPSA) is 35.5 Å². The van der Waals surface area contributed by atoms with Crippen LogP contribution >= 0.6 is 0 Å². The number of halogens is 6. The molecule has 2 aromatic rings. The van der Waals surface area contributed by atoms with Gasteiger partial charge in [-0.25, -0.2) is 0 Å². The van der Waals surface area contributed by atoms with Crippen molar-refractivity contribution in [2.45, 2.75) is 77.8 Å². The van der Waals surface area contributed by atoms with Crippen molar-refractivity contribution >= 4 is 5.97 Å². The minimum atomic E-state index is -5.72. The maximum absolute atomic E-state index is 14.3. The molecule has 0 aliphatic rings. The van der Waals surface area contributed by atoms with Gasteiger partial charge >= 0.3 is 18.3 Å². The highest BCUT2D eigenvalue weighted by Crippen LogP contribution is 2.56. The lowest BCUT2D eigenvalue weighted by Gasteiger charge is -2.38. The molecular weight excluding hydrogens is 474 g/mol. The van der Waals surface area contributed by atoms with Gasteiger partial charge in [0.05, 0.1) is 5.41 Å². The highest BCUT2D eigenvalue weighted by molar-refractivity contribution is 5.78. The first-order valence-electron chi connectivity index (χ1n) is 11.2. The minimum absolute atomic E-state index is 0.149. The van der Waals surface area contributed by atoms with Crippen molar-refractivity contribution in [1.29, 1.82) is 0 Å². The van der Waals surface area contributed by atoms with E-state index in [1.165, 1.54) is 0 Å². The number of hydrogen-bond donors (Lipinski definition) is 0. The van der Waals surface area contributed by atoms with E-state index < -0.39 is 45.9 Å². The maximum Gasteiger partial charge on any atom is 0.411 e. The van der Waals surface area contributed by atoms with Crippen molar-refractivity contribution in [1.82, 2.24) is 0 Å². The minimum Gasteiger partial charge on any atom is -0.488 e. The molecule has 0 atom stereocenters. The maximum atomic E-state index is 14.3. The molecule has 35 heavy (non-hydrogen) atoms. The molecular formula is C26H30F6O3. The van der Waals surface area contributed by atoms with E-state index in [-0.39, 0.29) is 11.5 Å². The van der Waals surface area contributed by atoms with Crippen LogP contribution in [0.25, 0.3) is 0 Å². The number of hydrogen-bond acceptors (Lipinski definition) is 3. The molecule has 0 aliphatic heterocycles. The third kappa shape index (κ3) is 5.76. The van der Waals surface area contributed by atoms with E-state index in [4.69, 9.17) is 9.47 Å². The summed E-state index contributed by atoms with van der Waals surface area (Å²) in [6.07, 6.45) is -10.4. The van der Waals surface area contributed by atoms with E-state index in [0.717, 1.165) is 36.4 Å². The average Bonchev–Trinajstić information content (AvgIpc) is 2.74. The fourth-order valence-corrected chi connectivity index (χ4v) is 3.31. The first-order chi connectivity index (χ1) is 15.9. The van der Waals surface area contributed by atoms with Gasteiger partial charge in [-0.1, -0.05) is 38.1 Å². The van der Waals surface area contributed by atoms with Gasteiger partial charge in [0.2, 0.25) is 5.41 Å². The average molecular weight is 505 g/mol. The summed E-state index contributed by atoms with van der Waals surface area (Å²) in [6, 6.07) is 7.00. The molecule has 2 aromatic carbocycles. The van der Waals surface area contributed by atoms with Crippen LogP contribution in [0, 0.1) is 5.41 Å². The van der Waals surface area contributed by atoms with E-state index in [2.05, 4.69) is 0 Å². The van der Waals surface area contributed by atoms with Crippen molar-refractivity contribution in [2.75, 3.05) is 0 Å². The van der Waals surface area contributed by atoms with Crippen molar-refractivity contribution in [2.24, 2.45) is 5.41 Å². The fraction of sp³-hybridized carbons (Fsp3) is 0.500. The van der Waals surface area contributed by atoms with Crippen molar-refractivity contribution in [3.05, 3.63) is 59.7 Å². The zero-order valence-electron chi connectivity index (χ0n) is 20.5. The Morgan fingerprint density at radius 3 is 1.43 bits per heavy atom. The van der Waals surface area contributed by atoms with Crippen molar-refractivity contribution in [3.63, 3.8) is 0 Å². The highest BCUT2D eigenvalue weighted by Gasteiger charge is 2.72. The van der Waals surface area contributed by atoms with Gasteiger partial charge in [0.15, 0.2) is 0 Å². The summed E-state index contributed by atoms with van der Waals surface area (Å²) in [6.45, 7) is 10.4. The number of alkyl halides is 6. The molecule has 0 unspecified atom stereocenters. The number of ether oxygens (including phenoxy) is 2. The predicted molar refractivity (Wildman–Crippen MR) is 120 cm³/mol. The van der Waals surface area contributed by atoms with Gasteiger partial charge in [-0.2, -0.15) is 26.3 Å². The Balaban J connectivity index is 2.59. The Labute approximate surface area is 201 Å². The zero-order valence-corrected chi connectivity index (χ0v) is 20.5. The second-order valence-corrected chi connectivity index (χ2v) is 9.64. The Morgan fingerprint density at radius 2 is 1.09 bits per heavy atom.